The van der Waals surface area contributed by atoms with Gasteiger partial charge in [-0.05, 0) is 64.8 Å². The van der Waals surface area contributed by atoms with Crippen LogP contribution in [0.2, 0.25) is 0 Å². The van der Waals surface area contributed by atoms with Crippen LogP contribution in [0, 0.1) is 6.92 Å². The lowest BCUT2D eigenvalue weighted by atomic mass is 10.1. The highest BCUT2D eigenvalue weighted by molar-refractivity contribution is 9.10. The Bertz CT molecular complexity index is 543. The largest absolute Gasteiger partial charge is 0.389 e. The summed E-state index contributed by atoms with van der Waals surface area (Å²) in [6.45, 7) is 3.71. The van der Waals surface area contributed by atoms with Crippen LogP contribution in [-0.4, -0.2) is 15.1 Å². The fourth-order valence-electron chi connectivity index (χ4n) is 1.39. The van der Waals surface area contributed by atoms with Gasteiger partial charge in [-0.3, -0.25) is 0 Å². The Morgan fingerprint density at radius 2 is 1.94 bits per heavy atom. The fourth-order valence-corrected chi connectivity index (χ4v) is 2.73. The summed E-state index contributed by atoms with van der Waals surface area (Å²) < 4.78 is 0.940. The molecule has 2 rings (SSSR count). The monoisotopic (exact) mass is 324 g/mol. The van der Waals surface area contributed by atoms with E-state index in [1.807, 2.05) is 25.1 Å². The number of aromatic nitrogens is 2. The summed E-state index contributed by atoms with van der Waals surface area (Å²) in [7, 11) is 0. The average Bonchev–Trinajstić information content (AvgIpc) is 2.34. The third-order valence-electron chi connectivity index (χ3n) is 2.40. The van der Waals surface area contributed by atoms with Gasteiger partial charge in [-0.1, -0.05) is 6.07 Å². The number of aliphatic hydroxyl groups excluding tert-OH is 1. The summed E-state index contributed by atoms with van der Waals surface area (Å²) in [6, 6.07) is 5.78. The van der Waals surface area contributed by atoms with Crippen molar-refractivity contribution in [3.63, 3.8) is 0 Å². The first-order chi connectivity index (χ1) is 8.56. The van der Waals surface area contributed by atoms with Crippen molar-refractivity contribution in [1.82, 2.24) is 9.97 Å². The first-order valence-electron chi connectivity index (χ1n) is 5.50. The molecule has 1 aromatic heterocycles. The molecule has 5 heteroatoms. The average molecular weight is 325 g/mol. The Balaban J connectivity index is 2.22. The maximum absolute atomic E-state index is 9.51. The van der Waals surface area contributed by atoms with Crippen molar-refractivity contribution in [2.75, 3.05) is 0 Å². The molecule has 1 N–H and O–H groups in total. The molecule has 94 valence electrons. The van der Waals surface area contributed by atoms with Crippen LogP contribution >= 0.6 is 27.7 Å². The molecule has 0 spiro atoms. The molecule has 1 atom stereocenters. The van der Waals surface area contributed by atoms with Gasteiger partial charge in [0.05, 0.1) is 6.10 Å². The van der Waals surface area contributed by atoms with E-state index in [-0.39, 0.29) is 0 Å². The fraction of sp³-hybridized carbons (Fsp3) is 0.231. The smallest absolute Gasteiger partial charge is 0.192 e. The highest BCUT2D eigenvalue weighted by Crippen LogP contribution is 2.33. The minimum absolute atomic E-state index is 0.462. The number of benzene rings is 1. The van der Waals surface area contributed by atoms with Crippen LogP contribution in [0.3, 0.4) is 0 Å². The van der Waals surface area contributed by atoms with Crippen LogP contribution in [-0.2, 0) is 0 Å². The van der Waals surface area contributed by atoms with E-state index in [2.05, 4.69) is 25.9 Å². The van der Waals surface area contributed by atoms with Crippen molar-refractivity contribution in [3.05, 3.63) is 46.2 Å². The molecule has 0 bridgehead atoms. The molecule has 1 aromatic carbocycles. The first kappa shape index (κ1) is 13.5. The molecule has 0 aliphatic heterocycles. The molecule has 0 saturated heterocycles. The minimum Gasteiger partial charge on any atom is -0.389 e. The Morgan fingerprint density at radius 1 is 1.28 bits per heavy atom. The topological polar surface area (TPSA) is 46.0 Å². The molecular weight excluding hydrogens is 312 g/mol. The second-order valence-electron chi connectivity index (χ2n) is 4.01. The normalized spacial score (nSPS) is 12.4. The second-order valence-corrected chi connectivity index (χ2v) is 5.87. The number of rotatable bonds is 3. The van der Waals surface area contributed by atoms with E-state index in [1.165, 1.54) is 11.8 Å². The molecule has 0 aliphatic rings. The first-order valence-corrected chi connectivity index (χ1v) is 7.11. The van der Waals surface area contributed by atoms with E-state index < -0.39 is 6.10 Å². The molecule has 0 aliphatic carbocycles. The zero-order chi connectivity index (χ0) is 13.1. The lowest BCUT2D eigenvalue weighted by Gasteiger charge is -2.08. The molecule has 0 saturated carbocycles. The number of aryl methyl sites for hydroxylation is 1. The Labute approximate surface area is 119 Å². The summed E-state index contributed by atoms with van der Waals surface area (Å²) in [6.07, 6.45) is 3.14. The molecule has 2 aromatic rings. The van der Waals surface area contributed by atoms with Crippen molar-refractivity contribution in [1.29, 1.82) is 0 Å². The predicted molar refractivity (Wildman–Crippen MR) is 75.7 cm³/mol. The molecular formula is C13H13BrN2OS. The van der Waals surface area contributed by atoms with Crippen molar-refractivity contribution in [3.8, 4) is 0 Å². The van der Waals surface area contributed by atoms with Gasteiger partial charge in [-0.15, -0.1) is 0 Å². The molecule has 3 nitrogen and oxygen atoms in total. The van der Waals surface area contributed by atoms with Crippen LogP contribution in [0.1, 0.15) is 24.2 Å². The minimum atomic E-state index is -0.462. The molecule has 0 unspecified atom stereocenters. The van der Waals surface area contributed by atoms with Crippen molar-refractivity contribution in [2.24, 2.45) is 0 Å². The third-order valence-corrected chi connectivity index (χ3v) is 4.28. The number of halogens is 1. The van der Waals surface area contributed by atoms with Crippen LogP contribution < -0.4 is 0 Å². The van der Waals surface area contributed by atoms with E-state index in [0.29, 0.717) is 5.16 Å². The maximum atomic E-state index is 9.51. The molecule has 0 amide bonds. The van der Waals surface area contributed by atoms with Crippen LogP contribution in [0.15, 0.2) is 45.1 Å². The third kappa shape index (κ3) is 3.31. The van der Waals surface area contributed by atoms with Crippen molar-refractivity contribution >= 4 is 27.7 Å². The summed E-state index contributed by atoms with van der Waals surface area (Å²) in [5.74, 6) is 0. The maximum Gasteiger partial charge on any atom is 0.192 e. The Morgan fingerprint density at radius 3 is 2.50 bits per heavy atom. The summed E-state index contributed by atoms with van der Waals surface area (Å²) in [5, 5.41) is 10.2. The van der Waals surface area contributed by atoms with Gasteiger partial charge in [0, 0.05) is 21.8 Å². The zero-order valence-electron chi connectivity index (χ0n) is 10.1. The highest BCUT2D eigenvalue weighted by atomic mass is 79.9. The lowest BCUT2D eigenvalue weighted by molar-refractivity contribution is 0.199. The molecule has 0 radical (unpaired) electrons. The number of nitrogens with zero attached hydrogens (tertiary/aromatic N) is 2. The predicted octanol–water partition coefficient (Wildman–Crippen LogP) is 3.75. The Hall–Kier alpha value is -0.910. The van der Waals surface area contributed by atoms with E-state index >= 15 is 0 Å². The van der Waals surface area contributed by atoms with Gasteiger partial charge in [-0.25, -0.2) is 9.97 Å². The van der Waals surface area contributed by atoms with Gasteiger partial charge in [-0.2, -0.15) is 0 Å². The van der Waals surface area contributed by atoms with Gasteiger partial charge in [0.1, 0.15) is 0 Å². The van der Waals surface area contributed by atoms with E-state index in [4.69, 9.17) is 0 Å². The van der Waals surface area contributed by atoms with Gasteiger partial charge < -0.3 is 5.11 Å². The Kier molecular flexibility index (Phi) is 4.37. The quantitative estimate of drug-likeness (QED) is 0.873. The lowest BCUT2D eigenvalue weighted by Crippen LogP contribution is -1.92. The van der Waals surface area contributed by atoms with Gasteiger partial charge in [0.15, 0.2) is 5.16 Å². The van der Waals surface area contributed by atoms with E-state index in [1.54, 1.807) is 19.3 Å². The second kappa shape index (κ2) is 5.82. The van der Waals surface area contributed by atoms with Gasteiger partial charge in [0.2, 0.25) is 0 Å². The van der Waals surface area contributed by atoms with Crippen LogP contribution in [0.5, 0.6) is 0 Å². The van der Waals surface area contributed by atoms with Gasteiger partial charge in [0.25, 0.3) is 0 Å². The standard InChI is InChI=1S/C13H13BrN2OS/c1-8-6-15-13(16-7-8)18-12-4-3-10(9(2)17)5-11(12)14/h3-7,9,17H,1-2H3/t9-/m0/s1. The van der Waals surface area contributed by atoms with Crippen molar-refractivity contribution < 1.29 is 5.11 Å². The van der Waals surface area contributed by atoms with Crippen LogP contribution in [0.4, 0.5) is 0 Å². The zero-order valence-corrected chi connectivity index (χ0v) is 12.5. The van der Waals surface area contributed by atoms with Crippen LogP contribution in [0.25, 0.3) is 0 Å². The molecule has 18 heavy (non-hydrogen) atoms. The van der Waals surface area contributed by atoms with E-state index in [0.717, 1.165) is 20.5 Å². The van der Waals surface area contributed by atoms with Gasteiger partial charge >= 0.3 is 0 Å². The number of aliphatic hydroxyl groups is 1. The molecule has 0 fully saturated rings. The molecule has 1 heterocycles. The summed E-state index contributed by atoms with van der Waals surface area (Å²) in [5.41, 5.74) is 1.93. The summed E-state index contributed by atoms with van der Waals surface area (Å²) >= 11 is 4.99. The van der Waals surface area contributed by atoms with E-state index in [9.17, 15) is 5.11 Å². The highest BCUT2D eigenvalue weighted by Gasteiger charge is 2.08. The number of hydrogen-bond donors (Lipinski definition) is 1. The van der Waals surface area contributed by atoms with Crippen molar-refractivity contribution in [2.45, 2.75) is 30.0 Å². The number of hydrogen-bond acceptors (Lipinski definition) is 4. The SMILES string of the molecule is Cc1cnc(Sc2ccc([C@H](C)O)cc2Br)nc1. The summed E-state index contributed by atoms with van der Waals surface area (Å²) in [4.78, 5) is 9.54.